The summed E-state index contributed by atoms with van der Waals surface area (Å²) in [6.45, 7) is 45.5. The van der Waals surface area contributed by atoms with E-state index in [0.717, 1.165) is 133 Å². The highest BCUT2D eigenvalue weighted by Gasteiger charge is 2.53. The van der Waals surface area contributed by atoms with Crippen LogP contribution < -0.4 is 61.2 Å². The van der Waals surface area contributed by atoms with Gasteiger partial charge >= 0.3 is 78.5 Å². The molecule has 6 saturated heterocycles. The molecular weight excluding hydrogens is 1780 g/mol. The molecule has 0 bridgehead atoms. The first-order chi connectivity index (χ1) is 67.6. The fourth-order valence-electron chi connectivity index (χ4n) is 13.4. The van der Waals surface area contributed by atoms with E-state index in [1.807, 2.05) is 155 Å². The van der Waals surface area contributed by atoms with Crippen molar-refractivity contribution < 1.29 is 127 Å². The maximum atomic E-state index is 12.5. The van der Waals surface area contributed by atoms with E-state index in [0.29, 0.717) is 137 Å². The molecule has 6 aliphatic heterocycles. The third-order valence-corrected chi connectivity index (χ3v) is 23.0. The van der Waals surface area contributed by atoms with Crippen molar-refractivity contribution in [2.24, 2.45) is 0 Å². The number of esters is 6. The van der Waals surface area contributed by atoms with Crippen LogP contribution in [0.3, 0.4) is 0 Å². The van der Waals surface area contributed by atoms with Gasteiger partial charge in [0.25, 0.3) is 0 Å². The molecule has 15 rings (SSSR count). The number of carbonyl (C=O) groups is 6. The van der Waals surface area contributed by atoms with E-state index in [1.54, 1.807) is 109 Å². The lowest BCUT2D eigenvalue weighted by Crippen LogP contribution is -2.41. The fourth-order valence-corrected chi connectivity index (χ4v) is 13.4. The Hall–Kier alpha value is -12.5. The predicted molar refractivity (Wildman–Crippen MR) is 545 cm³/mol. The fraction of sp³-hybridized carbons (Fsp3) is 0.327. The number of hydrogen-bond acceptors (Lipinski definition) is 27. The molecule has 0 aromatic heterocycles. The smallest absolute Gasteiger partial charge is 0.494 e. The van der Waals surface area contributed by atoms with Crippen LogP contribution in [0.15, 0.2) is 276 Å². The van der Waals surface area contributed by atoms with Gasteiger partial charge in [0.1, 0.15) is 34.5 Å². The predicted octanol–water partition coefficient (Wildman–Crippen LogP) is 15.1. The molecular formula is C107H124B6O27. The molecule has 0 spiro atoms. The molecule has 9 aromatic carbocycles. The summed E-state index contributed by atoms with van der Waals surface area (Å²) in [7, 11) is -1.83. The second-order valence-electron chi connectivity index (χ2n) is 34.4. The van der Waals surface area contributed by atoms with Crippen molar-refractivity contribution in [3.05, 3.63) is 309 Å². The molecule has 27 nitrogen and oxygen atoms in total. The van der Waals surface area contributed by atoms with Crippen LogP contribution in [0.5, 0.6) is 34.5 Å². The lowest BCUT2D eigenvalue weighted by atomic mass is 9.78. The lowest BCUT2D eigenvalue weighted by molar-refractivity contribution is -0.138. The molecule has 33 heteroatoms. The van der Waals surface area contributed by atoms with Crippen molar-refractivity contribution in [1.82, 2.24) is 0 Å². The first-order valence-electron chi connectivity index (χ1n) is 46.9. The summed E-state index contributed by atoms with van der Waals surface area (Å²) < 4.78 is 116. The van der Waals surface area contributed by atoms with Gasteiger partial charge in [-0.05, 0) is 272 Å². The molecule has 0 unspecified atom stereocenters. The monoisotopic (exact) mass is 1910 g/mol. The van der Waals surface area contributed by atoms with E-state index in [2.05, 4.69) is 67.2 Å². The van der Waals surface area contributed by atoms with Gasteiger partial charge in [-0.1, -0.05) is 167 Å². The van der Waals surface area contributed by atoms with Crippen molar-refractivity contribution in [2.75, 3.05) is 92.5 Å². The molecule has 0 radical (unpaired) electrons. The van der Waals surface area contributed by atoms with Gasteiger partial charge in [0.15, 0.2) is 0 Å². The summed E-state index contributed by atoms with van der Waals surface area (Å²) in [6.07, 6.45) is 16.1. The zero-order valence-corrected chi connectivity index (χ0v) is 81.2. The number of unbranched alkanes of at least 4 members (excludes halogenated alkanes) is 3. The maximum absolute atomic E-state index is 12.5. The minimum absolute atomic E-state index is 0.178. The summed E-state index contributed by atoms with van der Waals surface area (Å²) in [5.41, 5.74) is 9.03. The number of hydrogen-bond donors (Lipinski definition) is 0. The molecule has 6 heterocycles. The molecule has 0 saturated carbocycles. The van der Waals surface area contributed by atoms with Gasteiger partial charge < -0.3 is 98.5 Å². The highest BCUT2D eigenvalue weighted by Crippen LogP contribution is 2.38. The number of ether oxygens (including phenoxy) is 9. The molecule has 0 aliphatic carbocycles. The first kappa shape index (κ1) is 110. The van der Waals surface area contributed by atoms with E-state index < -0.39 is 54.1 Å². The summed E-state index contributed by atoms with van der Waals surface area (Å²) in [6, 6.07) is 65.7. The van der Waals surface area contributed by atoms with Gasteiger partial charge in [-0.3, -0.25) is 0 Å². The van der Waals surface area contributed by atoms with Crippen LogP contribution in [0.4, 0.5) is 0 Å². The molecule has 0 amide bonds. The van der Waals surface area contributed by atoms with E-state index in [1.165, 1.54) is 0 Å². The Balaban J connectivity index is 0.000000178. The minimum atomic E-state index is -0.468. The molecule has 6 fully saturated rings. The van der Waals surface area contributed by atoms with Crippen LogP contribution in [0.25, 0.3) is 18.2 Å². The first-order valence-corrected chi connectivity index (χ1v) is 46.9. The van der Waals surface area contributed by atoms with Gasteiger partial charge in [-0.2, -0.15) is 0 Å². The minimum Gasteiger partial charge on any atom is -0.494 e. The van der Waals surface area contributed by atoms with Gasteiger partial charge in [0, 0.05) is 57.9 Å². The van der Waals surface area contributed by atoms with Gasteiger partial charge in [0.2, 0.25) is 0 Å². The molecule has 0 N–H and O–H groups in total. The summed E-state index contributed by atoms with van der Waals surface area (Å²) in [5.74, 6) is 0.628. The molecule has 732 valence electrons. The number of carbonyl (C=O) groups excluding carboxylic acids is 6. The zero-order valence-electron chi connectivity index (χ0n) is 81.2. The van der Waals surface area contributed by atoms with E-state index in [4.69, 9.17) is 98.5 Å². The van der Waals surface area contributed by atoms with E-state index >= 15 is 0 Å². The standard InChI is InChI=1S/C26H31BO7.C23H25BO7.C22H23BO7.C14H19BO2.2C11H13BO2/c1-6-23(28)31-18-8-7-17-30-21-13-9-19(10-14-21)24(29)32-22-15-11-20(12-16-22)27-33-25(2,3)26(4,5)34-27;1-2-22(25)28-15-4-3-14-27-20-10-6-18(7-11-20)23(26)31-21-12-8-19(9-13-21)24-29-16-5-17-30-24;1-2-21(24)27-14-4-3-13-26-19-9-5-17(6-10-19)22(25)30-20-11-7-18(8-12-20)23-28-15-16-29-23;1-6-11-7-9-12(10-8-11)15-16-13(2,3)14(4,5)17-15;2*1-2-10-4-6-11(7-5-10)12-13-8-3-9-14-12/h6,9-16H,1,7-8,17-18H2,2-5H3;2,6-13H,1,3-5,14-17H2;2,5-12H,1,3-4,13-16H2;6-10H,1H2,2-5H3;2*2,4-7H,1,3,8-9H2. The third kappa shape index (κ3) is 35.7. The summed E-state index contributed by atoms with van der Waals surface area (Å²) in [4.78, 5) is 70.0. The van der Waals surface area contributed by atoms with E-state index in [9.17, 15) is 28.8 Å². The Labute approximate surface area is 824 Å². The topological polar surface area (TPSA) is 296 Å². The average Bonchev–Trinajstić information content (AvgIpc) is 1.63. The van der Waals surface area contributed by atoms with Gasteiger partial charge in [0.05, 0.1) is 91.9 Å². The highest BCUT2D eigenvalue weighted by atomic mass is 16.7. The van der Waals surface area contributed by atoms with Crippen molar-refractivity contribution in [3.8, 4) is 34.5 Å². The Kier molecular flexibility index (Phi) is 44.4. The Morgan fingerprint density at radius 3 is 0.664 bits per heavy atom. The summed E-state index contributed by atoms with van der Waals surface area (Å²) >= 11 is 0. The quantitative estimate of drug-likeness (QED) is 0.00880. The van der Waals surface area contributed by atoms with Crippen LogP contribution >= 0.6 is 0 Å². The molecule has 6 aliphatic rings. The van der Waals surface area contributed by atoms with Crippen molar-refractivity contribution in [3.63, 3.8) is 0 Å². The lowest BCUT2D eigenvalue weighted by Gasteiger charge is -2.32. The Morgan fingerprint density at radius 2 is 0.450 bits per heavy atom. The average molecular weight is 1910 g/mol. The third-order valence-electron chi connectivity index (χ3n) is 23.0. The van der Waals surface area contributed by atoms with Crippen molar-refractivity contribution in [2.45, 2.75) is 136 Å². The van der Waals surface area contributed by atoms with Crippen LogP contribution in [-0.2, 0) is 84.4 Å². The zero-order chi connectivity index (χ0) is 100. The second kappa shape index (κ2) is 56.7. The van der Waals surface area contributed by atoms with Crippen LogP contribution in [0.2, 0.25) is 0 Å². The second-order valence-corrected chi connectivity index (χ2v) is 34.4. The van der Waals surface area contributed by atoms with Crippen LogP contribution in [0.1, 0.15) is 161 Å². The van der Waals surface area contributed by atoms with Crippen molar-refractivity contribution >= 4 is 130 Å². The number of rotatable bonds is 36. The Morgan fingerprint density at radius 1 is 0.257 bits per heavy atom. The normalized spacial score (nSPS) is 15.6. The molecule has 0 atom stereocenters. The molecule has 9 aromatic rings. The largest absolute Gasteiger partial charge is 0.494 e. The number of benzene rings is 9. The highest BCUT2D eigenvalue weighted by molar-refractivity contribution is 6.64. The van der Waals surface area contributed by atoms with Gasteiger partial charge in [-0.25, -0.2) is 28.8 Å². The maximum Gasteiger partial charge on any atom is 0.494 e. The Bertz CT molecular complexity index is 5290. The molecule has 140 heavy (non-hydrogen) atoms. The van der Waals surface area contributed by atoms with Crippen LogP contribution in [-0.4, -0.2) is 193 Å². The summed E-state index contributed by atoms with van der Waals surface area (Å²) in [5, 5.41) is 0. The van der Waals surface area contributed by atoms with E-state index in [-0.39, 0.29) is 46.8 Å². The van der Waals surface area contributed by atoms with Crippen molar-refractivity contribution in [1.29, 1.82) is 0 Å². The van der Waals surface area contributed by atoms with Crippen LogP contribution in [0, 0.1) is 0 Å². The van der Waals surface area contributed by atoms with Gasteiger partial charge in [-0.15, -0.1) is 0 Å². The SMILES string of the molecule is C=CC(=O)OCCCCOc1ccc(C(=O)Oc2ccc(B3OC(C)(C)C(C)(C)O3)cc2)cc1.C=CC(=O)OCCCCOc1ccc(C(=O)Oc2ccc(B3OCCCO3)cc2)cc1.C=CC(=O)OCCCCOc1ccc(C(=O)Oc2ccc(B3OCCO3)cc2)cc1.C=Cc1ccc(B2OC(C)(C)C(C)(C)O2)cc1.C=Cc1ccc(B2OCCCO2)cc1.C=Cc1ccc(B2OCCCO2)cc1.